The number of hydrogen-bond donors (Lipinski definition) is 3. The Morgan fingerprint density at radius 1 is 1.30 bits per heavy atom. The summed E-state index contributed by atoms with van der Waals surface area (Å²) in [4.78, 5) is 4.67. The summed E-state index contributed by atoms with van der Waals surface area (Å²) >= 11 is 1.82. The van der Waals surface area contributed by atoms with E-state index in [4.69, 9.17) is 0 Å². The van der Waals surface area contributed by atoms with Gasteiger partial charge in [-0.2, -0.15) is 11.8 Å². The summed E-state index contributed by atoms with van der Waals surface area (Å²) in [6, 6.07) is 0.406. The number of guanidine groups is 1. The summed E-state index contributed by atoms with van der Waals surface area (Å²) in [6.45, 7) is 8.08. The Labute approximate surface area is 146 Å². The maximum atomic E-state index is 10.5. The van der Waals surface area contributed by atoms with E-state index in [1.807, 2.05) is 11.8 Å². The molecule has 0 radical (unpaired) electrons. The molecule has 3 N–H and O–H groups in total. The second-order valence-corrected chi connectivity index (χ2v) is 8.52. The Morgan fingerprint density at radius 2 is 2.04 bits per heavy atom. The maximum absolute atomic E-state index is 10.5. The van der Waals surface area contributed by atoms with Crippen molar-refractivity contribution in [2.45, 2.75) is 70.9 Å². The Kier molecular flexibility index (Phi) is 7.54. The highest BCUT2D eigenvalue weighted by molar-refractivity contribution is 7.99. The molecule has 1 saturated carbocycles. The van der Waals surface area contributed by atoms with Crippen molar-refractivity contribution in [3.05, 3.63) is 0 Å². The molecule has 0 amide bonds. The average molecular weight is 342 g/mol. The number of aliphatic imine (C=N–C) groups is 1. The smallest absolute Gasteiger partial charge is 0.191 e. The molecule has 3 atom stereocenters. The van der Waals surface area contributed by atoms with Crippen molar-refractivity contribution in [1.29, 1.82) is 0 Å². The molecule has 1 aliphatic carbocycles. The zero-order valence-corrected chi connectivity index (χ0v) is 15.9. The Morgan fingerprint density at radius 3 is 2.65 bits per heavy atom. The molecule has 0 aromatic rings. The van der Waals surface area contributed by atoms with Crippen LogP contribution in [-0.4, -0.2) is 47.3 Å². The topological polar surface area (TPSA) is 56.7 Å². The van der Waals surface area contributed by atoms with E-state index in [2.05, 4.69) is 36.4 Å². The molecule has 1 aliphatic heterocycles. The van der Waals surface area contributed by atoms with Crippen LogP contribution in [0, 0.1) is 11.8 Å². The standard InChI is InChI=1S/C18H35N3OS/c1-4-19-17(20-12-18(22)10-11-23-13-18)21-15(3)14(2)16-8-6-5-7-9-16/h14-16,22H,4-13H2,1-3H3,(H2,19,20,21). The van der Waals surface area contributed by atoms with Crippen molar-refractivity contribution >= 4 is 17.7 Å². The number of rotatable bonds is 6. The van der Waals surface area contributed by atoms with Gasteiger partial charge in [0.2, 0.25) is 0 Å². The molecule has 0 aromatic carbocycles. The normalized spacial score (nSPS) is 29.3. The Bertz CT molecular complexity index is 376. The van der Waals surface area contributed by atoms with Crippen molar-refractivity contribution < 1.29 is 5.11 Å². The lowest BCUT2D eigenvalue weighted by atomic mass is 9.78. The van der Waals surface area contributed by atoms with Crippen LogP contribution in [0.5, 0.6) is 0 Å². The molecule has 2 fully saturated rings. The highest BCUT2D eigenvalue weighted by Gasteiger charge is 2.31. The minimum atomic E-state index is -0.606. The fraction of sp³-hybridized carbons (Fsp3) is 0.944. The molecule has 2 rings (SSSR count). The van der Waals surface area contributed by atoms with E-state index < -0.39 is 5.60 Å². The van der Waals surface area contributed by atoms with Gasteiger partial charge in [-0.3, -0.25) is 4.99 Å². The molecule has 0 bridgehead atoms. The second kappa shape index (κ2) is 9.16. The van der Waals surface area contributed by atoms with Gasteiger partial charge in [0.25, 0.3) is 0 Å². The van der Waals surface area contributed by atoms with Crippen molar-refractivity contribution in [3.63, 3.8) is 0 Å². The van der Waals surface area contributed by atoms with Gasteiger partial charge in [0.1, 0.15) is 0 Å². The molecule has 3 unspecified atom stereocenters. The lowest BCUT2D eigenvalue weighted by molar-refractivity contribution is 0.0778. The van der Waals surface area contributed by atoms with Crippen LogP contribution in [0.15, 0.2) is 4.99 Å². The van der Waals surface area contributed by atoms with Crippen molar-refractivity contribution in [3.8, 4) is 0 Å². The first-order valence-electron chi connectivity index (χ1n) is 9.39. The highest BCUT2D eigenvalue weighted by atomic mass is 32.2. The molecule has 5 heteroatoms. The number of thioether (sulfide) groups is 1. The molecule has 134 valence electrons. The monoisotopic (exact) mass is 341 g/mol. The SMILES string of the molecule is CCNC(=NCC1(O)CCSC1)NC(C)C(C)C1CCCCC1. The Balaban J connectivity index is 1.88. The summed E-state index contributed by atoms with van der Waals surface area (Å²) < 4.78 is 0. The van der Waals surface area contributed by atoms with Gasteiger partial charge in [-0.05, 0) is 37.9 Å². The first kappa shape index (κ1) is 18.9. The molecule has 4 nitrogen and oxygen atoms in total. The zero-order chi connectivity index (χ0) is 16.7. The molecule has 2 aliphatic rings. The third-order valence-electron chi connectivity index (χ3n) is 5.50. The fourth-order valence-electron chi connectivity index (χ4n) is 3.68. The molecule has 1 saturated heterocycles. The molecular weight excluding hydrogens is 306 g/mol. The van der Waals surface area contributed by atoms with E-state index in [0.29, 0.717) is 18.5 Å². The van der Waals surface area contributed by atoms with Crippen LogP contribution in [0.1, 0.15) is 59.3 Å². The minimum Gasteiger partial charge on any atom is -0.387 e. The Hall–Kier alpha value is -0.420. The van der Waals surface area contributed by atoms with Crippen LogP contribution in [0.2, 0.25) is 0 Å². The quantitative estimate of drug-likeness (QED) is 0.513. The first-order chi connectivity index (χ1) is 11.0. The van der Waals surface area contributed by atoms with E-state index in [1.165, 1.54) is 32.1 Å². The van der Waals surface area contributed by atoms with Gasteiger partial charge in [0.15, 0.2) is 5.96 Å². The van der Waals surface area contributed by atoms with Gasteiger partial charge in [-0.15, -0.1) is 0 Å². The van der Waals surface area contributed by atoms with Gasteiger partial charge in [0, 0.05) is 18.3 Å². The summed E-state index contributed by atoms with van der Waals surface area (Å²) in [5.41, 5.74) is -0.606. The lowest BCUT2D eigenvalue weighted by Gasteiger charge is -2.33. The van der Waals surface area contributed by atoms with Gasteiger partial charge < -0.3 is 15.7 Å². The number of aliphatic hydroxyl groups is 1. The van der Waals surface area contributed by atoms with Crippen LogP contribution in [0.25, 0.3) is 0 Å². The largest absolute Gasteiger partial charge is 0.387 e. The van der Waals surface area contributed by atoms with Crippen LogP contribution in [-0.2, 0) is 0 Å². The average Bonchev–Trinajstić information content (AvgIpc) is 3.00. The molecule has 0 spiro atoms. The van der Waals surface area contributed by atoms with Crippen LogP contribution in [0.4, 0.5) is 0 Å². The van der Waals surface area contributed by atoms with Gasteiger partial charge >= 0.3 is 0 Å². The van der Waals surface area contributed by atoms with Crippen LogP contribution < -0.4 is 10.6 Å². The second-order valence-electron chi connectivity index (χ2n) is 7.41. The predicted molar refractivity (Wildman–Crippen MR) is 101 cm³/mol. The predicted octanol–water partition coefficient (Wildman–Crippen LogP) is 3.01. The summed E-state index contributed by atoms with van der Waals surface area (Å²) in [5.74, 6) is 4.21. The van der Waals surface area contributed by atoms with Gasteiger partial charge in [-0.25, -0.2) is 0 Å². The summed E-state index contributed by atoms with van der Waals surface area (Å²) in [5, 5.41) is 17.4. The number of nitrogens with zero attached hydrogens (tertiary/aromatic N) is 1. The molecule has 23 heavy (non-hydrogen) atoms. The molecule has 0 aromatic heterocycles. The van der Waals surface area contributed by atoms with Gasteiger partial charge in [0.05, 0.1) is 12.1 Å². The van der Waals surface area contributed by atoms with E-state index in [0.717, 1.165) is 36.3 Å². The summed E-state index contributed by atoms with van der Waals surface area (Å²) in [7, 11) is 0. The first-order valence-corrected chi connectivity index (χ1v) is 10.5. The fourth-order valence-corrected chi connectivity index (χ4v) is 4.97. The highest BCUT2D eigenvalue weighted by Crippen LogP contribution is 2.31. The minimum absolute atomic E-state index is 0.406. The lowest BCUT2D eigenvalue weighted by Crippen LogP contribution is -2.47. The van der Waals surface area contributed by atoms with E-state index in [9.17, 15) is 5.11 Å². The van der Waals surface area contributed by atoms with Crippen LogP contribution >= 0.6 is 11.8 Å². The number of hydrogen-bond acceptors (Lipinski definition) is 3. The van der Waals surface area contributed by atoms with E-state index >= 15 is 0 Å². The van der Waals surface area contributed by atoms with Crippen LogP contribution in [0.3, 0.4) is 0 Å². The maximum Gasteiger partial charge on any atom is 0.191 e. The zero-order valence-electron chi connectivity index (χ0n) is 15.1. The third-order valence-corrected chi connectivity index (χ3v) is 6.74. The van der Waals surface area contributed by atoms with Crippen molar-refractivity contribution in [1.82, 2.24) is 10.6 Å². The van der Waals surface area contributed by atoms with Crippen molar-refractivity contribution in [2.75, 3.05) is 24.6 Å². The van der Waals surface area contributed by atoms with E-state index in [-0.39, 0.29) is 0 Å². The van der Waals surface area contributed by atoms with E-state index in [1.54, 1.807) is 0 Å². The molecule has 1 heterocycles. The van der Waals surface area contributed by atoms with Gasteiger partial charge in [-0.1, -0.05) is 39.0 Å². The van der Waals surface area contributed by atoms with Crippen molar-refractivity contribution in [2.24, 2.45) is 16.8 Å². The summed E-state index contributed by atoms with van der Waals surface area (Å²) in [6.07, 6.45) is 7.79. The number of nitrogens with one attached hydrogen (secondary N) is 2. The third kappa shape index (κ3) is 5.86. The molecular formula is C18H35N3OS.